The molecule has 11 heavy (non-hydrogen) atoms. The Hall–Kier alpha value is -0.580. The van der Waals surface area contributed by atoms with E-state index in [1.165, 1.54) is 6.26 Å². The van der Waals surface area contributed by atoms with Crippen LogP contribution < -0.4 is 0 Å². The summed E-state index contributed by atoms with van der Waals surface area (Å²) in [6.07, 6.45) is 1.97. The third-order valence-electron chi connectivity index (χ3n) is 1.67. The molecular weight excluding hydrogens is 166 g/mol. The first-order valence-corrected chi connectivity index (χ1v) is 5.44. The Kier molecular flexibility index (Phi) is 2.17. The number of nitrogens with zero attached hydrogens (tertiary/aromatic N) is 1. The van der Waals surface area contributed by atoms with Gasteiger partial charge in [-0.3, -0.25) is 4.79 Å². The number of likely N-dealkylation sites (tertiary alicyclic amines) is 1. The van der Waals surface area contributed by atoms with Gasteiger partial charge in [0, 0.05) is 25.3 Å². The van der Waals surface area contributed by atoms with Crippen molar-refractivity contribution in [2.45, 2.75) is 0 Å². The maximum absolute atomic E-state index is 10.7. The van der Waals surface area contributed by atoms with E-state index in [1.807, 2.05) is 0 Å². The predicted molar refractivity (Wildman–Crippen MR) is 40.8 cm³/mol. The molecule has 1 heterocycles. The molecule has 0 bridgehead atoms. The summed E-state index contributed by atoms with van der Waals surface area (Å²) >= 11 is 0. The molecule has 0 aromatic heterocycles. The molecule has 4 nitrogen and oxygen atoms in total. The highest BCUT2D eigenvalue weighted by Crippen LogP contribution is 2.14. The zero-order valence-electron chi connectivity index (χ0n) is 6.36. The topological polar surface area (TPSA) is 54.5 Å². The molecule has 1 aliphatic heterocycles. The molecule has 1 saturated heterocycles. The van der Waals surface area contributed by atoms with Crippen LogP contribution in [0.25, 0.3) is 0 Å². The van der Waals surface area contributed by atoms with E-state index in [0.717, 1.165) is 6.41 Å². The molecule has 1 fully saturated rings. The van der Waals surface area contributed by atoms with Crippen LogP contribution in [-0.2, 0) is 14.6 Å². The van der Waals surface area contributed by atoms with Crippen LogP contribution in [0.3, 0.4) is 0 Å². The van der Waals surface area contributed by atoms with Crippen LogP contribution in [0.2, 0.25) is 0 Å². The number of hydrogen-bond donors (Lipinski definition) is 0. The fourth-order valence-electron chi connectivity index (χ4n) is 1.23. The van der Waals surface area contributed by atoms with Crippen molar-refractivity contribution < 1.29 is 13.2 Å². The molecule has 0 aromatic carbocycles. The Morgan fingerprint density at radius 1 is 1.55 bits per heavy atom. The van der Waals surface area contributed by atoms with Crippen molar-refractivity contribution in [2.75, 3.05) is 25.1 Å². The number of amides is 1. The first kappa shape index (κ1) is 8.52. The fraction of sp³-hybridized carbons (Fsp3) is 0.833. The monoisotopic (exact) mass is 177 g/mol. The minimum Gasteiger partial charge on any atom is -0.345 e. The molecule has 1 aliphatic rings. The van der Waals surface area contributed by atoms with Crippen LogP contribution >= 0.6 is 0 Å². The maximum atomic E-state index is 10.7. The SMILES string of the molecule is CS(=O)(=O)CC1CN(C=O)C1. The Balaban J connectivity index is 2.29. The zero-order chi connectivity index (χ0) is 8.48. The molecule has 0 saturated carbocycles. The van der Waals surface area contributed by atoms with Crippen molar-refractivity contribution in [1.29, 1.82) is 0 Å². The normalized spacial score (nSPS) is 19.5. The van der Waals surface area contributed by atoms with Gasteiger partial charge in [-0.1, -0.05) is 0 Å². The van der Waals surface area contributed by atoms with E-state index in [0.29, 0.717) is 13.1 Å². The lowest BCUT2D eigenvalue weighted by atomic mass is 10.0. The van der Waals surface area contributed by atoms with Gasteiger partial charge in [-0.15, -0.1) is 0 Å². The molecule has 0 aliphatic carbocycles. The van der Waals surface area contributed by atoms with Gasteiger partial charge in [0.1, 0.15) is 9.84 Å². The van der Waals surface area contributed by atoms with Crippen molar-refractivity contribution in [3.63, 3.8) is 0 Å². The van der Waals surface area contributed by atoms with Gasteiger partial charge in [-0.25, -0.2) is 8.42 Å². The molecule has 5 heteroatoms. The lowest BCUT2D eigenvalue weighted by molar-refractivity contribution is -0.123. The van der Waals surface area contributed by atoms with Crippen molar-refractivity contribution >= 4 is 16.2 Å². The summed E-state index contributed by atoms with van der Waals surface area (Å²) in [5, 5.41) is 0. The Bertz CT molecular complexity index is 241. The second-order valence-corrected chi connectivity index (χ2v) is 5.20. The summed E-state index contributed by atoms with van der Waals surface area (Å²) in [4.78, 5) is 11.6. The summed E-state index contributed by atoms with van der Waals surface area (Å²) in [6, 6.07) is 0. The number of sulfone groups is 1. The predicted octanol–water partition coefficient (Wildman–Crippen LogP) is -0.881. The average Bonchev–Trinajstić information content (AvgIpc) is 1.75. The number of hydrogen-bond acceptors (Lipinski definition) is 3. The summed E-state index contributed by atoms with van der Waals surface area (Å²) in [6.45, 7) is 1.19. The summed E-state index contributed by atoms with van der Waals surface area (Å²) in [5.74, 6) is 0.368. The van der Waals surface area contributed by atoms with Gasteiger partial charge in [0.05, 0.1) is 5.75 Å². The molecule has 0 N–H and O–H groups in total. The smallest absolute Gasteiger partial charge is 0.209 e. The van der Waals surface area contributed by atoms with Gasteiger partial charge in [0.25, 0.3) is 0 Å². The van der Waals surface area contributed by atoms with Crippen LogP contribution in [0.1, 0.15) is 0 Å². The van der Waals surface area contributed by atoms with Gasteiger partial charge in [0.2, 0.25) is 6.41 Å². The van der Waals surface area contributed by atoms with E-state index in [9.17, 15) is 13.2 Å². The lowest BCUT2D eigenvalue weighted by Crippen LogP contribution is -2.48. The summed E-state index contributed by atoms with van der Waals surface area (Å²) in [7, 11) is -2.86. The van der Waals surface area contributed by atoms with E-state index in [4.69, 9.17) is 0 Å². The van der Waals surface area contributed by atoms with Crippen LogP contribution in [-0.4, -0.2) is 44.8 Å². The van der Waals surface area contributed by atoms with Crippen molar-refractivity contribution in [1.82, 2.24) is 4.90 Å². The van der Waals surface area contributed by atoms with E-state index < -0.39 is 9.84 Å². The van der Waals surface area contributed by atoms with Gasteiger partial charge in [0.15, 0.2) is 0 Å². The summed E-state index contributed by atoms with van der Waals surface area (Å²) < 4.78 is 21.4. The molecule has 0 spiro atoms. The highest BCUT2D eigenvalue weighted by atomic mass is 32.2. The number of carbonyl (C=O) groups excluding carboxylic acids is 1. The first-order valence-electron chi connectivity index (χ1n) is 3.38. The third-order valence-corrected chi connectivity index (χ3v) is 2.75. The van der Waals surface area contributed by atoms with Crippen LogP contribution in [0.5, 0.6) is 0 Å². The zero-order valence-corrected chi connectivity index (χ0v) is 7.17. The van der Waals surface area contributed by atoms with Gasteiger partial charge < -0.3 is 4.90 Å². The molecule has 1 rings (SSSR count). The van der Waals surface area contributed by atoms with Crippen molar-refractivity contribution in [3.05, 3.63) is 0 Å². The molecule has 0 unspecified atom stereocenters. The van der Waals surface area contributed by atoms with Crippen LogP contribution in [0.4, 0.5) is 0 Å². The third kappa shape index (κ3) is 2.49. The van der Waals surface area contributed by atoms with E-state index in [1.54, 1.807) is 4.90 Å². The minimum atomic E-state index is -2.86. The highest BCUT2D eigenvalue weighted by molar-refractivity contribution is 7.90. The van der Waals surface area contributed by atoms with Crippen LogP contribution in [0.15, 0.2) is 0 Å². The Labute approximate surface area is 66.1 Å². The van der Waals surface area contributed by atoms with Crippen molar-refractivity contribution in [2.24, 2.45) is 5.92 Å². The van der Waals surface area contributed by atoms with Gasteiger partial charge in [-0.2, -0.15) is 0 Å². The first-order chi connectivity index (χ1) is 5.01. The highest BCUT2D eigenvalue weighted by Gasteiger charge is 2.27. The van der Waals surface area contributed by atoms with Gasteiger partial charge >= 0.3 is 0 Å². The van der Waals surface area contributed by atoms with Crippen molar-refractivity contribution in [3.8, 4) is 0 Å². The molecule has 0 atom stereocenters. The Morgan fingerprint density at radius 3 is 2.45 bits per heavy atom. The molecule has 0 aromatic rings. The Morgan fingerprint density at radius 2 is 2.09 bits per heavy atom. The fourth-order valence-corrected chi connectivity index (χ4v) is 2.30. The lowest BCUT2D eigenvalue weighted by Gasteiger charge is -2.35. The quantitative estimate of drug-likeness (QED) is 0.526. The summed E-state index contributed by atoms with van der Waals surface area (Å²) in [5.41, 5.74) is 0. The molecule has 1 amide bonds. The second kappa shape index (κ2) is 2.81. The number of rotatable bonds is 3. The minimum absolute atomic E-state index is 0.162. The van der Waals surface area contributed by atoms with E-state index in [2.05, 4.69) is 0 Å². The molecule has 64 valence electrons. The maximum Gasteiger partial charge on any atom is 0.209 e. The second-order valence-electron chi connectivity index (χ2n) is 3.02. The standard InChI is InChI=1S/C6H11NO3S/c1-11(9,10)4-6-2-7(3-6)5-8/h5-6H,2-4H2,1H3. The average molecular weight is 177 g/mol. The molecule has 0 radical (unpaired) electrons. The van der Waals surface area contributed by atoms with Crippen LogP contribution in [0, 0.1) is 5.92 Å². The van der Waals surface area contributed by atoms with Gasteiger partial charge in [-0.05, 0) is 0 Å². The number of carbonyl (C=O) groups is 1. The largest absolute Gasteiger partial charge is 0.345 e. The molecular formula is C6H11NO3S. The van der Waals surface area contributed by atoms with E-state index >= 15 is 0 Å². The van der Waals surface area contributed by atoms with E-state index in [-0.39, 0.29) is 11.7 Å².